The fraction of sp³-hybridized carbons (Fsp3) is 1.00. The lowest BCUT2D eigenvalue weighted by molar-refractivity contribution is -0.361. The van der Waals surface area contributed by atoms with Crippen LogP contribution in [0, 0.1) is 0 Å². The van der Waals surface area contributed by atoms with Crippen LogP contribution in [0.3, 0.4) is 0 Å². The van der Waals surface area contributed by atoms with Crippen LogP contribution in [0.5, 0.6) is 0 Å². The highest BCUT2D eigenvalue weighted by molar-refractivity contribution is 5.03. The van der Waals surface area contributed by atoms with E-state index >= 15 is 0 Å². The normalized spacial score (nSPS) is 39.9. The third-order valence-electron chi connectivity index (χ3n) is 11.0. The molecule has 2 unspecified atom stereocenters. The number of hydrogen-bond donors (Lipinski definition) is 11. The summed E-state index contributed by atoms with van der Waals surface area (Å²) in [5.41, 5.74) is 16.6. The van der Waals surface area contributed by atoms with E-state index < -0.39 is 111 Å². The third kappa shape index (κ3) is 12.4. The maximum atomic E-state index is 11.2. The van der Waals surface area contributed by atoms with Crippen LogP contribution in [0.15, 0.2) is 0 Å². The number of unbranched alkanes of at least 4 members (excludes halogenated alkanes) is 15. The van der Waals surface area contributed by atoms with Crippen LogP contribution in [0.1, 0.15) is 116 Å². The fourth-order valence-electron chi connectivity index (χ4n) is 7.53. The van der Waals surface area contributed by atoms with Gasteiger partial charge in [0.1, 0.15) is 54.4 Å². The van der Waals surface area contributed by atoms with Crippen LogP contribution in [0.2, 0.25) is 0 Å². The van der Waals surface area contributed by atoms with Crippen LogP contribution in [0.4, 0.5) is 0 Å². The zero-order chi connectivity index (χ0) is 38.3. The summed E-state index contributed by atoms with van der Waals surface area (Å²) in [6.07, 6.45) is 3.56. The van der Waals surface area contributed by atoms with Crippen molar-refractivity contribution >= 4 is 0 Å². The zero-order valence-electron chi connectivity index (χ0n) is 31.1. The Morgan fingerprint density at radius 2 is 0.962 bits per heavy atom. The average molecular weight is 754 g/mol. The average Bonchev–Trinajstić information content (AvgIpc) is 3.14. The molecule has 0 spiro atoms. The van der Waals surface area contributed by atoms with Gasteiger partial charge in [0.15, 0.2) is 18.9 Å². The van der Waals surface area contributed by atoms with E-state index in [-0.39, 0.29) is 6.42 Å². The van der Waals surface area contributed by atoms with Gasteiger partial charge in [-0.25, -0.2) is 0 Å². The Hall–Kier alpha value is -0.640. The van der Waals surface area contributed by atoms with E-state index in [4.69, 9.17) is 40.9 Å². The number of rotatable bonds is 24. The van der Waals surface area contributed by atoms with Crippen molar-refractivity contribution in [1.29, 1.82) is 0 Å². The van der Waals surface area contributed by atoms with Gasteiger partial charge in [-0.15, -0.1) is 0 Å². The van der Waals surface area contributed by atoms with Crippen molar-refractivity contribution < 1.29 is 64.5 Å². The van der Waals surface area contributed by atoms with Gasteiger partial charge in [-0.3, -0.25) is 0 Å². The molecule has 14 N–H and O–H groups in total. The fourth-order valence-corrected chi connectivity index (χ4v) is 7.53. The standard InChI is InChI=1S/C36H71N3O13/c1-2-3-4-5-6-7-8-9-10-11-12-13-14-15-16-17-18-36(21-42)32(46)29(45)26(39)35(52-36)51-31-23(20-41)49-34(25(38)28(31)44)50-30-22(19-40)48-33(47)24(37)27(30)43/h22-35,40-47H,2-21,37-39H2,1H3/t22-,23-,24-,25-,26-,27-,28-,29-,30?,31?,32+,33-,34+,35+,36-/m1/s1. The molecule has 3 saturated heterocycles. The minimum absolute atomic E-state index is 0.212. The summed E-state index contributed by atoms with van der Waals surface area (Å²) in [5.74, 6) is 0. The Kier molecular flexibility index (Phi) is 20.6. The maximum Gasteiger partial charge on any atom is 0.176 e. The van der Waals surface area contributed by atoms with E-state index in [0.717, 1.165) is 25.7 Å². The van der Waals surface area contributed by atoms with Gasteiger partial charge in [-0.05, 0) is 6.42 Å². The predicted molar refractivity (Wildman–Crippen MR) is 190 cm³/mol. The summed E-state index contributed by atoms with van der Waals surface area (Å²) in [6.45, 7) is 0.264. The van der Waals surface area contributed by atoms with Crippen molar-refractivity contribution in [2.75, 3.05) is 19.8 Å². The van der Waals surface area contributed by atoms with E-state index in [9.17, 15) is 40.9 Å². The molecule has 3 fully saturated rings. The van der Waals surface area contributed by atoms with Crippen molar-refractivity contribution in [2.45, 2.75) is 208 Å². The molecule has 52 heavy (non-hydrogen) atoms. The highest BCUT2D eigenvalue weighted by Crippen LogP contribution is 2.36. The predicted octanol–water partition coefficient (Wildman–Crippen LogP) is -0.652. The van der Waals surface area contributed by atoms with Crippen molar-refractivity contribution in [3.63, 3.8) is 0 Å². The molecule has 308 valence electrons. The minimum atomic E-state index is -1.60. The molecule has 0 aliphatic carbocycles. The molecule has 3 aliphatic rings. The lowest BCUT2D eigenvalue weighted by atomic mass is 9.82. The van der Waals surface area contributed by atoms with Crippen LogP contribution in [-0.4, -0.2) is 152 Å². The second-order valence-electron chi connectivity index (χ2n) is 15.1. The minimum Gasteiger partial charge on any atom is -0.394 e. The number of aliphatic hydroxyl groups is 8. The van der Waals surface area contributed by atoms with Crippen molar-refractivity contribution in [3.8, 4) is 0 Å². The van der Waals surface area contributed by atoms with Crippen LogP contribution >= 0.6 is 0 Å². The SMILES string of the molecule is CCCCCCCCCCCCCCCCCC[C@]1(CO)O[C@H](OC2[C@@H](CO)O[C@@H](OC3[C@@H](CO)O[C@@H](O)[C@H](N)[C@H]3O)[C@H](N)[C@H]2O)[C@H](N)[C@@H](O)[C@@H]1O. The monoisotopic (exact) mass is 753 g/mol. The molecule has 0 saturated carbocycles. The largest absolute Gasteiger partial charge is 0.394 e. The van der Waals surface area contributed by atoms with Gasteiger partial charge in [0.2, 0.25) is 0 Å². The highest BCUT2D eigenvalue weighted by Gasteiger charge is 2.55. The van der Waals surface area contributed by atoms with Crippen LogP contribution < -0.4 is 17.2 Å². The summed E-state index contributed by atoms with van der Waals surface area (Å²) in [7, 11) is 0. The molecule has 0 aromatic carbocycles. The molecule has 16 nitrogen and oxygen atoms in total. The molecule has 15 atom stereocenters. The zero-order valence-corrected chi connectivity index (χ0v) is 31.1. The maximum absolute atomic E-state index is 11.2. The van der Waals surface area contributed by atoms with Gasteiger partial charge < -0.3 is 81.7 Å². The first-order chi connectivity index (χ1) is 25.0. The molecule has 0 aromatic rings. The molecule has 3 aliphatic heterocycles. The summed E-state index contributed by atoms with van der Waals surface area (Å²) in [6, 6.07) is -3.92. The highest BCUT2D eigenvalue weighted by atomic mass is 16.7. The lowest BCUT2D eigenvalue weighted by Gasteiger charge is -2.51. The van der Waals surface area contributed by atoms with Gasteiger partial charge in [0.25, 0.3) is 0 Å². The van der Waals surface area contributed by atoms with Gasteiger partial charge in [-0.1, -0.05) is 110 Å². The third-order valence-corrected chi connectivity index (χ3v) is 11.0. The number of aliphatic hydroxyl groups excluding tert-OH is 8. The summed E-state index contributed by atoms with van der Waals surface area (Å²) >= 11 is 0. The molecule has 0 aromatic heterocycles. The summed E-state index contributed by atoms with van der Waals surface area (Å²) in [5, 5.41) is 84.0. The summed E-state index contributed by atoms with van der Waals surface area (Å²) in [4.78, 5) is 0. The first-order valence-corrected chi connectivity index (χ1v) is 19.8. The Balaban J connectivity index is 1.47. The van der Waals surface area contributed by atoms with Gasteiger partial charge in [0.05, 0.1) is 37.9 Å². The van der Waals surface area contributed by atoms with E-state index in [1.54, 1.807) is 0 Å². The first-order valence-electron chi connectivity index (χ1n) is 19.8. The second-order valence-corrected chi connectivity index (χ2v) is 15.1. The molecule has 0 radical (unpaired) electrons. The molecule has 3 heterocycles. The van der Waals surface area contributed by atoms with E-state index in [1.165, 1.54) is 70.6 Å². The van der Waals surface area contributed by atoms with Crippen molar-refractivity contribution in [3.05, 3.63) is 0 Å². The van der Waals surface area contributed by atoms with E-state index in [1.807, 2.05) is 0 Å². The van der Waals surface area contributed by atoms with Crippen LogP contribution in [0.25, 0.3) is 0 Å². The van der Waals surface area contributed by atoms with Gasteiger partial charge in [-0.2, -0.15) is 0 Å². The van der Waals surface area contributed by atoms with E-state index in [0.29, 0.717) is 6.42 Å². The molecule has 16 heteroatoms. The number of ether oxygens (including phenoxy) is 5. The number of nitrogens with two attached hydrogens (primary N) is 3. The van der Waals surface area contributed by atoms with Crippen LogP contribution in [-0.2, 0) is 23.7 Å². The quantitative estimate of drug-likeness (QED) is 0.0546. The topological polar surface area (TPSA) is 286 Å². The Bertz CT molecular complexity index is 957. The Morgan fingerprint density at radius 1 is 0.538 bits per heavy atom. The smallest absolute Gasteiger partial charge is 0.176 e. The van der Waals surface area contributed by atoms with Gasteiger partial charge >= 0.3 is 0 Å². The Labute approximate surface area is 308 Å². The van der Waals surface area contributed by atoms with Gasteiger partial charge in [0, 0.05) is 0 Å². The molecular formula is C36H71N3O13. The van der Waals surface area contributed by atoms with Crippen molar-refractivity contribution in [2.24, 2.45) is 17.2 Å². The summed E-state index contributed by atoms with van der Waals surface area (Å²) < 4.78 is 28.9. The lowest BCUT2D eigenvalue weighted by Crippen LogP contribution is -2.71. The van der Waals surface area contributed by atoms with Crippen molar-refractivity contribution in [1.82, 2.24) is 0 Å². The van der Waals surface area contributed by atoms with E-state index in [2.05, 4.69) is 6.92 Å². The Morgan fingerprint density at radius 3 is 1.44 bits per heavy atom. The molecule has 0 bridgehead atoms. The molecule has 3 rings (SSSR count). The molecular weight excluding hydrogens is 682 g/mol. The number of hydrogen-bond acceptors (Lipinski definition) is 16. The molecule has 0 amide bonds. The second kappa shape index (κ2) is 23.4. The first kappa shape index (κ1) is 45.7.